The van der Waals surface area contributed by atoms with Crippen LogP contribution in [0.3, 0.4) is 0 Å². The molecule has 0 saturated heterocycles. The number of aromatic nitrogens is 1. The van der Waals surface area contributed by atoms with E-state index in [2.05, 4.69) is 24.1 Å². The molecule has 0 spiro atoms. The molecule has 1 atom stereocenters. The Labute approximate surface area is 127 Å². The van der Waals surface area contributed by atoms with Crippen LogP contribution in [-0.2, 0) is 0 Å². The van der Waals surface area contributed by atoms with Gasteiger partial charge < -0.3 is 11.1 Å². The number of anilines is 1. The summed E-state index contributed by atoms with van der Waals surface area (Å²) < 4.78 is 0. The average molecular weight is 289 g/mol. The zero-order chi connectivity index (χ0) is 15.6. The van der Waals surface area contributed by atoms with Gasteiger partial charge in [-0.25, -0.2) is 4.98 Å². The molecule has 1 heterocycles. The lowest BCUT2D eigenvalue weighted by Gasteiger charge is -2.39. The lowest BCUT2D eigenvalue weighted by atomic mass is 9.73. The van der Waals surface area contributed by atoms with Gasteiger partial charge in [-0.2, -0.15) is 0 Å². The Hall–Kier alpha value is -1.58. The highest BCUT2D eigenvalue weighted by Gasteiger charge is 2.33. The maximum atomic E-state index is 12.5. The van der Waals surface area contributed by atoms with Crippen LogP contribution >= 0.6 is 0 Å². The second kappa shape index (κ2) is 6.04. The molecule has 1 aliphatic rings. The minimum atomic E-state index is -0.0361. The molecule has 116 valence electrons. The van der Waals surface area contributed by atoms with Gasteiger partial charge in [-0.1, -0.05) is 40.5 Å². The third-order valence-electron chi connectivity index (χ3n) is 4.53. The van der Waals surface area contributed by atoms with Crippen molar-refractivity contribution in [1.29, 1.82) is 0 Å². The third kappa shape index (κ3) is 3.74. The minimum Gasteiger partial charge on any atom is -0.384 e. The van der Waals surface area contributed by atoms with E-state index in [1.54, 1.807) is 6.07 Å². The van der Waals surface area contributed by atoms with Crippen LogP contribution in [0.5, 0.6) is 0 Å². The second-order valence-electron chi connectivity index (χ2n) is 7.12. The molecular formula is C17H27N3O. The molecule has 1 fully saturated rings. The average Bonchev–Trinajstić information content (AvgIpc) is 2.40. The summed E-state index contributed by atoms with van der Waals surface area (Å²) >= 11 is 0. The van der Waals surface area contributed by atoms with Crippen molar-refractivity contribution >= 4 is 11.7 Å². The van der Waals surface area contributed by atoms with Crippen molar-refractivity contribution in [2.24, 2.45) is 5.41 Å². The minimum absolute atomic E-state index is 0.0361. The van der Waals surface area contributed by atoms with Crippen molar-refractivity contribution in [3.8, 4) is 0 Å². The van der Waals surface area contributed by atoms with Crippen molar-refractivity contribution in [3.05, 3.63) is 23.4 Å². The molecule has 4 nitrogen and oxygen atoms in total. The Bertz CT molecular complexity index is 523. The van der Waals surface area contributed by atoms with Crippen LogP contribution in [-0.4, -0.2) is 16.9 Å². The molecule has 1 aliphatic carbocycles. The normalized spacial score (nSPS) is 21.3. The number of carbonyl (C=O) groups is 1. The van der Waals surface area contributed by atoms with Crippen LogP contribution in [0.2, 0.25) is 0 Å². The van der Waals surface area contributed by atoms with Crippen LogP contribution in [0.4, 0.5) is 5.82 Å². The van der Waals surface area contributed by atoms with Gasteiger partial charge in [0, 0.05) is 17.3 Å². The number of nitrogens with zero attached hydrogens (tertiary/aromatic N) is 1. The van der Waals surface area contributed by atoms with E-state index in [1.807, 2.05) is 19.9 Å². The number of pyridine rings is 1. The summed E-state index contributed by atoms with van der Waals surface area (Å²) in [5.41, 5.74) is 7.47. The Morgan fingerprint density at radius 3 is 2.71 bits per heavy atom. The van der Waals surface area contributed by atoms with Crippen LogP contribution < -0.4 is 11.1 Å². The Kier molecular flexibility index (Phi) is 4.55. The van der Waals surface area contributed by atoms with Gasteiger partial charge in [0.05, 0.1) is 0 Å². The predicted octanol–water partition coefficient (Wildman–Crippen LogP) is 3.49. The van der Waals surface area contributed by atoms with Crippen LogP contribution in [0.1, 0.15) is 75.3 Å². The summed E-state index contributed by atoms with van der Waals surface area (Å²) in [5.74, 6) is 0.631. The van der Waals surface area contributed by atoms with E-state index in [4.69, 9.17) is 5.73 Å². The fourth-order valence-corrected chi connectivity index (χ4v) is 3.00. The van der Waals surface area contributed by atoms with Crippen LogP contribution in [0.25, 0.3) is 0 Å². The fraction of sp³-hybridized carbons (Fsp3) is 0.647. The molecule has 4 heteroatoms. The second-order valence-corrected chi connectivity index (χ2v) is 7.12. The summed E-state index contributed by atoms with van der Waals surface area (Å²) in [4.78, 5) is 16.8. The SMILES string of the molecule is CC(C)c1cc(C(=O)NC2CCCCC2(C)C)cc(N)n1. The standard InChI is InChI=1S/C17H27N3O/c1-11(2)13-9-12(10-15(18)19-13)16(21)20-14-7-5-6-8-17(14,3)4/h9-11,14H,5-8H2,1-4H3,(H2,18,19)(H,20,21). The number of nitrogen functional groups attached to an aromatic ring is 1. The van der Waals surface area contributed by atoms with E-state index in [0.717, 1.165) is 18.5 Å². The summed E-state index contributed by atoms with van der Waals surface area (Å²) in [6.07, 6.45) is 4.65. The highest BCUT2D eigenvalue weighted by molar-refractivity contribution is 5.95. The van der Waals surface area contributed by atoms with Gasteiger partial charge in [-0.15, -0.1) is 0 Å². The van der Waals surface area contributed by atoms with E-state index in [9.17, 15) is 4.79 Å². The van der Waals surface area contributed by atoms with Gasteiger partial charge in [-0.3, -0.25) is 4.79 Å². The number of hydrogen-bond donors (Lipinski definition) is 2. The molecule has 0 aliphatic heterocycles. The molecule has 3 N–H and O–H groups in total. The van der Waals surface area contributed by atoms with E-state index in [0.29, 0.717) is 11.4 Å². The number of amides is 1. The molecule has 0 bridgehead atoms. The zero-order valence-electron chi connectivity index (χ0n) is 13.6. The highest BCUT2D eigenvalue weighted by Crippen LogP contribution is 2.35. The number of nitrogens with one attached hydrogen (secondary N) is 1. The Morgan fingerprint density at radius 1 is 1.38 bits per heavy atom. The molecule has 1 amide bonds. The molecule has 1 aromatic rings. The molecule has 1 aromatic heterocycles. The van der Waals surface area contributed by atoms with E-state index < -0.39 is 0 Å². The first-order valence-corrected chi connectivity index (χ1v) is 7.88. The smallest absolute Gasteiger partial charge is 0.251 e. The summed E-state index contributed by atoms with van der Waals surface area (Å²) in [7, 11) is 0. The van der Waals surface area contributed by atoms with Crippen molar-refractivity contribution in [2.75, 3.05) is 5.73 Å². The number of rotatable bonds is 3. The van der Waals surface area contributed by atoms with Crippen molar-refractivity contribution in [3.63, 3.8) is 0 Å². The largest absolute Gasteiger partial charge is 0.384 e. The zero-order valence-corrected chi connectivity index (χ0v) is 13.6. The Morgan fingerprint density at radius 2 is 2.10 bits per heavy atom. The Balaban J connectivity index is 2.16. The van der Waals surface area contributed by atoms with Crippen LogP contribution in [0.15, 0.2) is 12.1 Å². The molecule has 0 radical (unpaired) electrons. The van der Waals surface area contributed by atoms with Gasteiger partial charge in [0.15, 0.2) is 0 Å². The van der Waals surface area contributed by atoms with Gasteiger partial charge in [0.25, 0.3) is 5.91 Å². The lowest BCUT2D eigenvalue weighted by molar-refractivity contribution is 0.0853. The molecule has 0 aromatic carbocycles. The van der Waals surface area contributed by atoms with E-state index in [1.165, 1.54) is 12.8 Å². The quantitative estimate of drug-likeness (QED) is 0.895. The number of hydrogen-bond acceptors (Lipinski definition) is 3. The first-order valence-electron chi connectivity index (χ1n) is 7.88. The summed E-state index contributed by atoms with van der Waals surface area (Å²) in [6.45, 7) is 8.57. The maximum Gasteiger partial charge on any atom is 0.251 e. The van der Waals surface area contributed by atoms with Crippen molar-refractivity contribution < 1.29 is 4.79 Å². The van der Waals surface area contributed by atoms with E-state index >= 15 is 0 Å². The molecule has 1 unspecified atom stereocenters. The topological polar surface area (TPSA) is 68.0 Å². The summed E-state index contributed by atoms with van der Waals surface area (Å²) in [6, 6.07) is 3.75. The first kappa shape index (κ1) is 15.8. The van der Waals surface area contributed by atoms with Crippen LogP contribution in [0, 0.1) is 5.41 Å². The highest BCUT2D eigenvalue weighted by atomic mass is 16.1. The molecular weight excluding hydrogens is 262 g/mol. The third-order valence-corrected chi connectivity index (χ3v) is 4.53. The van der Waals surface area contributed by atoms with Gasteiger partial charge >= 0.3 is 0 Å². The number of carbonyl (C=O) groups excluding carboxylic acids is 1. The molecule has 1 saturated carbocycles. The van der Waals surface area contributed by atoms with Gasteiger partial charge in [0.2, 0.25) is 0 Å². The fourth-order valence-electron chi connectivity index (χ4n) is 3.00. The lowest BCUT2D eigenvalue weighted by Crippen LogP contribution is -2.46. The monoisotopic (exact) mass is 289 g/mol. The summed E-state index contributed by atoms with van der Waals surface area (Å²) in [5, 5.41) is 3.20. The van der Waals surface area contributed by atoms with Gasteiger partial charge in [-0.05, 0) is 36.3 Å². The van der Waals surface area contributed by atoms with Crippen molar-refractivity contribution in [2.45, 2.75) is 65.3 Å². The first-order chi connectivity index (χ1) is 9.79. The molecule has 21 heavy (non-hydrogen) atoms. The maximum absolute atomic E-state index is 12.5. The number of nitrogens with two attached hydrogens (primary N) is 1. The van der Waals surface area contributed by atoms with Crippen molar-refractivity contribution in [1.82, 2.24) is 10.3 Å². The van der Waals surface area contributed by atoms with E-state index in [-0.39, 0.29) is 23.3 Å². The van der Waals surface area contributed by atoms with Gasteiger partial charge in [0.1, 0.15) is 5.82 Å². The predicted molar refractivity (Wildman–Crippen MR) is 86.2 cm³/mol. The molecule has 2 rings (SSSR count).